The van der Waals surface area contributed by atoms with Crippen LogP contribution in [0.4, 0.5) is 0 Å². The van der Waals surface area contributed by atoms with E-state index in [1.54, 1.807) is 7.11 Å². The summed E-state index contributed by atoms with van der Waals surface area (Å²) in [6.45, 7) is 6.86. The monoisotopic (exact) mass is 187 g/mol. The molecule has 0 aromatic carbocycles. The first-order chi connectivity index (χ1) is 6.10. The van der Waals surface area contributed by atoms with Gasteiger partial charge in [0.25, 0.3) is 0 Å². The molecule has 0 aliphatic carbocycles. The molecule has 1 unspecified atom stereocenters. The first kappa shape index (κ1) is 12.4. The van der Waals surface area contributed by atoms with Gasteiger partial charge in [0, 0.05) is 26.6 Å². The van der Waals surface area contributed by atoms with E-state index in [1.165, 1.54) is 0 Å². The van der Waals surface area contributed by atoms with Crippen molar-refractivity contribution in [3.8, 4) is 0 Å². The van der Waals surface area contributed by atoms with Crippen molar-refractivity contribution in [3.63, 3.8) is 0 Å². The molecular formula is C9H21N3O. The van der Waals surface area contributed by atoms with Gasteiger partial charge in [0.2, 0.25) is 0 Å². The SMILES string of the molecule is CCN(CCC(=N)N)CC(C)OC. The molecule has 3 N–H and O–H groups in total. The lowest BCUT2D eigenvalue weighted by molar-refractivity contribution is 0.0797. The molecule has 4 nitrogen and oxygen atoms in total. The van der Waals surface area contributed by atoms with Crippen LogP contribution in [0, 0.1) is 5.41 Å². The molecule has 78 valence electrons. The fourth-order valence-corrected chi connectivity index (χ4v) is 1.10. The van der Waals surface area contributed by atoms with Crippen LogP contribution in [-0.2, 0) is 4.74 Å². The van der Waals surface area contributed by atoms with Gasteiger partial charge in [0.1, 0.15) is 0 Å². The van der Waals surface area contributed by atoms with Crippen molar-refractivity contribution in [3.05, 3.63) is 0 Å². The Morgan fingerprint density at radius 2 is 2.23 bits per heavy atom. The van der Waals surface area contributed by atoms with Gasteiger partial charge in [-0.1, -0.05) is 6.92 Å². The van der Waals surface area contributed by atoms with E-state index < -0.39 is 0 Å². The second-order valence-electron chi connectivity index (χ2n) is 3.21. The molecule has 0 fully saturated rings. The largest absolute Gasteiger partial charge is 0.388 e. The summed E-state index contributed by atoms with van der Waals surface area (Å²) in [5.41, 5.74) is 5.28. The summed E-state index contributed by atoms with van der Waals surface area (Å²) in [7, 11) is 1.71. The molecule has 4 heteroatoms. The highest BCUT2D eigenvalue weighted by Crippen LogP contribution is 1.96. The quantitative estimate of drug-likeness (QED) is 0.455. The number of likely N-dealkylation sites (N-methyl/N-ethyl adjacent to an activating group) is 1. The van der Waals surface area contributed by atoms with E-state index in [0.29, 0.717) is 6.42 Å². The Kier molecular flexibility index (Phi) is 6.54. The maximum Gasteiger partial charge on any atom is 0.0918 e. The van der Waals surface area contributed by atoms with E-state index in [4.69, 9.17) is 15.9 Å². The van der Waals surface area contributed by atoms with Gasteiger partial charge in [0.15, 0.2) is 0 Å². The normalized spacial score (nSPS) is 13.2. The van der Waals surface area contributed by atoms with Crippen molar-refractivity contribution in [1.29, 1.82) is 5.41 Å². The van der Waals surface area contributed by atoms with Crippen LogP contribution in [0.3, 0.4) is 0 Å². The average Bonchev–Trinajstić information content (AvgIpc) is 2.11. The van der Waals surface area contributed by atoms with Crippen LogP contribution in [0.25, 0.3) is 0 Å². The predicted molar refractivity (Wildman–Crippen MR) is 55.1 cm³/mol. The molecule has 0 aliphatic heterocycles. The molecule has 0 aliphatic rings. The van der Waals surface area contributed by atoms with Gasteiger partial charge in [-0.2, -0.15) is 0 Å². The molecule has 0 aromatic heterocycles. The minimum absolute atomic E-state index is 0.243. The minimum atomic E-state index is 0.243. The Morgan fingerprint density at radius 3 is 2.62 bits per heavy atom. The number of nitrogens with one attached hydrogen (secondary N) is 1. The standard InChI is InChI=1S/C9H21N3O/c1-4-12(6-5-9(10)11)7-8(2)13-3/h8H,4-7H2,1-3H3,(H3,10,11). The van der Waals surface area contributed by atoms with Crippen LogP contribution in [0.15, 0.2) is 0 Å². The van der Waals surface area contributed by atoms with Gasteiger partial charge in [-0.05, 0) is 13.5 Å². The van der Waals surface area contributed by atoms with E-state index in [1.807, 2.05) is 6.92 Å². The Hall–Kier alpha value is -0.610. The van der Waals surface area contributed by atoms with Crippen LogP contribution >= 0.6 is 0 Å². The molecule has 0 rings (SSSR count). The predicted octanol–water partition coefficient (Wildman–Crippen LogP) is 0.669. The summed E-state index contributed by atoms with van der Waals surface area (Å²) in [5, 5.41) is 7.11. The Morgan fingerprint density at radius 1 is 1.62 bits per heavy atom. The Bertz CT molecular complexity index is 150. The van der Waals surface area contributed by atoms with E-state index in [0.717, 1.165) is 19.6 Å². The highest BCUT2D eigenvalue weighted by molar-refractivity contribution is 5.76. The van der Waals surface area contributed by atoms with Gasteiger partial charge < -0.3 is 15.4 Å². The third kappa shape index (κ3) is 6.54. The van der Waals surface area contributed by atoms with Gasteiger partial charge in [0.05, 0.1) is 11.9 Å². The summed E-state index contributed by atoms with van der Waals surface area (Å²) in [6.07, 6.45) is 0.886. The molecule has 0 aromatic rings. The maximum atomic E-state index is 7.11. The maximum absolute atomic E-state index is 7.11. The number of methoxy groups -OCH3 is 1. The Labute approximate surface area is 80.6 Å². The molecule has 0 radical (unpaired) electrons. The molecule has 1 atom stereocenters. The zero-order valence-corrected chi connectivity index (χ0v) is 8.84. The highest BCUT2D eigenvalue weighted by Gasteiger charge is 2.07. The van der Waals surface area contributed by atoms with Crippen LogP contribution in [-0.4, -0.2) is 43.6 Å². The lowest BCUT2D eigenvalue weighted by Gasteiger charge is -2.23. The van der Waals surface area contributed by atoms with Gasteiger partial charge in [-0.15, -0.1) is 0 Å². The first-order valence-electron chi connectivity index (χ1n) is 4.68. The van der Waals surface area contributed by atoms with Crippen molar-refractivity contribution < 1.29 is 4.74 Å². The first-order valence-corrected chi connectivity index (χ1v) is 4.68. The third-order valence-corrected chi connectivity index (χ3v) is 2.06. The summed E-state index contributed by atoms with van der Waals surface area (Å²) in [5.74, 6) is 0.253. The summed E-state index contributed by atoms with van der Waals surface area (Å²) in [4.78, 5) is 2.23. The van der Waals surface area contributed by atoms with Crippen LogP contribution in [0.1, 0.15) is 20.3 Å². The van der Waals surface area contributed by atoms with E-state index in [-0.39, 0.29) is 11.9 Å². The number of nitrogens with zero attached hydrogens (tertiary/aromatic N) is 1. The average molecular weight is 187 g/mol. The van der Waals surface area contributed by atoms with Gasteiger partial charge >= 0.3 is 0 Å². The molecular weight excluding hydrogens is 166 g/mol. The van der Waals surface area contributed by atoms with E-state index >= 15 is 0 Å². The van der Waals surface area contributed by atoms with E-state index in [9.17, 15) is 0 Å². The van der Waals surface area contributed by atoms with Gasteiger partial charge in [-0.3, -0.25) is 5.41 Å². The summed E-state index contributed by atoms with van der Waals surface area (Å²) >= 11 is 0. The molecule has 0 spiro atoms. The lowest BCUT2D eigenvalue weighted by atomic mass is 10.3. The molecule has 13 heavy (non-hydrogen) atoms. The molecule has 0 heterocycles. The lowest BCUT2D eigenvalue weighted by Crippen LogP contribution is -2.34. The number of ether oxygens (including phenoxy) is 1. The van der Waals surface area contributed by atoms with E-state index in [2.05, 4.69) is 11.8 Å². The van der Waals surface area contributed by atoms with Crippen molar-refractivity contribution in [2.24, 2.45) is 5.73 Å². The number of amidine groups is 1. The van der Waals surface area contributed by atoms with Crippen LogP contribution in [0.2, 0.25) is 0 Å². The number of rotatable bonds is 7. The van der Waals surface area contributed by atoms with Crippen molar-refractivity contribution in [2.45, 2.75) is 26.4 Å². The Balaban J connectivity index is 3.68. The fraction of sp³-hybridized carbons (Fsp3) is 0.889. The van der Waals surface area contributed by atoms with Crippen LogP contribution in [0.5, 0.6) is 0 Å². The zero-order valence-electron chi connectivity index (χ0n) is 8.84. The number of hydrogen-bond donors (Lipinski definition) is 2. The summed E-state index contributed by atoms with van der Waals surface area (Å²) in [6, 6.07) is 0. The molecule has 0 bridgehead atoms. The van der Waals surface area contributed by atoms with Crippen LogP contribution < -0.4 is 5.73 Å². The fourth-order valence-electron chi connectivity index (χ4n) is 1.10. The smallest absolute Gasteiger partial charge is 0.0918 e. The van der Waals surface area contributed by atoms with Crippen molar-refractivity contribution in [2.75, 3.05) is 26.7 Å². The number of hydrogen-bond acceptors (Lipinski definition) is 3. The van der Waals surface area contributed by atoms with Crippen molar-refractivity contribution >= 4 is 5.84 Å². The molecule has 0 saturated heterocycles. The third-order valence-electron chi connectivity index (χ3n) is 2.06. The van der Waals surface area contributed by atoms with Crippen molar-refractivity contribution in [1.82, 2.24) is 4.90 Å². The molecule has 0 amide bonds. The second kappa shape index (κ2) is 6.86. The minimum Gasteiger partial charge on any atom is -0.388 e. The zero-order chi connectivity index (χ0) is 10.3. The summed E-state index contributed by atoms with van der Waals surface area (Å²) < 4.78 is 5.16. The molecule has 0 saturated carbocycles. The highest BCUT2D eigenvalue weighted by atomic mass is 16.5. The van der Waals surface area contributed by atoms with Gasteiger partial charge in [-0.25, -0.2) is 0 Å². The second-order valence-corrected chi connectivity index (χ2v) is 3.21. The topological polar surface area (TPSA) is 62.3 Å². The number of nitrogens with two attached hydrogens (primary N) is 1.